The van der Waals surface area contributed by atoms with Crippen molar-refractivity contribution in [3.63, 3.8) is 0 Å². The highest BCUT2D eigenvalue weighted by atomic mass is 32.2. The van der Waals surface area contributed by atoms with Crippen molar-refractivity contribution >= 4 is 40.3 Å². The number of carbonyl (C=O) groups is 1. The number of amidine groups is 1. The molecule has 1 aliphatic heterocycles. The second kappa shape index (κ2) is 10.1. The summed E-state index contributed by atoms with van der Waals surface area (Å²) in [5.41, 5.74) is 4.39. The van der Waals surface area contributed by atoms with Crippen molar-refractivity contribution in [2.24, 2.45) is 4.99 Å². The molecule has 184 valence electrons. The van der Waals surface area contributed by atoms with E-state index in [4.69, 9.17) is 4.99 Å². The van der Waals surface area contributed by atoms with E-state index in [2.05, 4.69) is 0 Å². The van der Waals surface area contributed by atoms with Gasteiger partial charge in [0.1, 0.15) is 0 Å². The number of carbonyl (C=O) groups excluding carboxylic acids is 1. The lowest BCUT2D eigenvalue weighted by Gasteiger charge is -2.30. The molecule has 7 nitrogen and oxygen atoms in total. The van der Waals surface area contributed by atoms with Gasteiger partial charge in [0.2, 0.25) is 0 Å². The van der Waals surface area contributed by atoms with Crippen LogP contribution in [-0.4, -0.2) is 31.5 Å². The number of aryl methyl sites for hydroxylation is 1. The van der Waals surface area contributed by atoms with Gasteiger partial charge in [-0.3, -0.25) is 19.8 Å². The fraction of sp³-hybridized carbons (Fsp3) is 0.286. The van der Waals surface area contributed by atoms with Crippen molar-refractivity contribution in [3.8, 4) is 5.69 Å². The number of aliphatic imine (C=N–C) groups is 1. The molecule has 0 unspecified atom stereocenters. The molecule has 8 heteroatoms. The number of amides is 1. The summed E-state index contributed by atoms with van der Waals surface area (Å²) in [4.78, 5) is 32.0. The van der Waals surface area contributed by atoms with Gasteiger partial charge in [-0.2, -0.15) is 0 Å². The second-order valence-corrected chi connectivity index (χ2v) is 10.3. The minimum atomic E-state index is -0.387. The van der Waals surface area contributed by atoms with Crippen LogP contribution >= 0.6 is 11.8 Å². The highest BCUT2D eigenvalue weighted by Crippen LogP contribution is 2.39. The average Bonchev–Trinajstić information content (AvgIpc) is 3.34. The van der Waals surface area contributed by atoms with E-state index in [0.29, 0.717) is 4.91 Å². The van der Waals surface area contributed by atoms with Gasteiger partial charge in [0.15, 0.2) is 5.17 Å². The lowest BCUT2D eigenvalue weighted by atomic mass is 9.94. The molecular weight excluding hydrogens is 472 g/mol. The van der Waals surface area contributed by atoms with Crippen LogP contribution in [0.4, 0.5) is 11.4 Å². The Morgan fingerprint density at radius 2 is 1.78 bits per heavy atom. The van der Waals surface area contributed by atoms with Crippen molar-refractivity contribution in [2.45, 2.75) is 52.0 Å². The fourth-order valence-electron chi connectivity index (χ4n) is 5.06. The van der Waals surface area contributed by atoms with Crippen LogP contribution in [-0.2, 0) is 4.79 Å². The zero-order valence-corrected chi connectivity index (χ0v) is 21.2. The Kier molecular flexibility index (Phi) is 6.78. The number of hydrogen-bond acceptors (Lipinski definition) is 5. The number of benzene rings is 2. The number of non-ortho nitro benzene ring substituents is 1. The normalized spacial score (nSPS) is 18.9. The van der Waals surface area contributed by atoms with Gasteiger partial charge >= 0.3 is 0 Å². The zero-order valence-electron chi connectivity index (χ0n) is 20.4. The number of aromatic nitrogens is 1. The molecule has 0 bridgehead atoms. The van der Waals surface area contributed by atoms with Gasteiger partial charge in [0, 0.05) is 29.6 Å². The topological polar surface area (TPSA) is 80.7 Å². The maximum atomic E-state index is 13.7. The Morgan fingerprint density at radius 1 is 1.03 bits per heavy atom. The van der Waals surface area contributed by atoms with Crippen molar-refractivity contribution in [2.75, 3.05) is 0 Å². The molecule has 0 radical (unpaired) electrons. The fourth-order valence-corrected chi connectivity index (χ4v) is 6.11. The SMILES string of the molecule is Cc1cc(/C=C2\SC(=Nc3ccccc3)N(C3CCCCC3)C2=O)c(C)n1-c1cccc([N+](=O)[O-])c1. The number of thioether (sulfide) groups is 1. The minimum Gasteiger partial charge on any atom is -0.318 e. The predicted molar refractivity (Wildman–Crippen MR) is 145 cm³/mol. The van der Waals surface area contributed by atoms with Crippen LogP contribution in [0.2, 0.25) is 0 Å². The molecule has 2 aromatic carbocycles. The highest BCUT2D eigenvalue weighted by molar-refractivity contribution is 8.18. The number of nitro benzene ring substituents is 1. The van der Waals surface area contributed by atoms with E-state index in [-0.39, 0.29) is 22.6 Å². The summed E-state index contributed by atoms with van der Waals surface area (Å²) in [6.45, 7) is 3.94. The van der Waals surface area contributed by atoms with Gasteiger partial charge in [0.05, 0.1) is 21.2 Å². The Hall–Kier alpha value is -3.65. The smallest absolute Gasteiger partial charge is 0.271 e. The quantitative estimate of drug-likeness (QED) is 0.216. The lowest BCUT2D eigenvalue weighted by Crippen LogP contribution is -2.40. The molecule has 36 heavy (non-hydrogen) atoms. The van der Waals surface area contributed by atoms with Crippen LogP contribution in [0, 0.1) is 24.0 Å². The van der Waals surface area contributed by atoms with Gasteiger partial charge in [-0.1, -0.05) is 43.5 Å². The van der Waals surface area contributed by atoms with Crippen LogP contribution in [0.3, 0.4) is 0 Å². The number of nitro groups is 1. The Morgan fingerprint density at radius 3 is 2.50 bits per heavy atom. The number of rotatable bonds is 5. The summed E-state index contributed by atoms with van der Waals surface area (Å²) in [5.74, 6) is 0.00160. The van der Waals surface area contributed by atoms with E-state index < -0.39 is 0 Å². The predicted octanol–water partition coefficient (Wildman–Crippen LogP) is 6.94. The molecule has 2 heterocycles. The maximum absolute atomic E-state index is 13.7. The first-order valence-electron chi connectivity index (χ1n) is 12.2. The van der Waals surface area contributed by atoms with Gasteiger partial charge in [-0.25, -0.2) is 4.99 Å². The van der Waals surface area contributed by atoms with Crippen LogP contribution < -0.4 is 0 Å². The molecule has 5 rings (SSSR count). The standard InChI is InChI=1S/C28H28N4O3S/c1-19-16-21(20(2)30(19)24-14-9-15-25(18-24)32(34)35)17-26-27(33)31(23-12-7-4-8-13-23)28(36-26)29-22-10-5-3-6-11-22/h3,5-6,9-11,14-18,23H,4,7-8,12-13H2,1-2H3/b26-17-,29-28?. The number of hydrogen-bond donors (Lipinski definition) is 0. The molecule has 2 aliphatic rings. The monoisotopic (exact) mass is 500 g/mol. The van der Waals surface area contributed by atoms with Crippen molar-refractivity contribution < 1.29 is 9.72 Å². The first-order chi connectivity index (χ1) is 17.4. The second-order valence-electron chi connectivity index (χ2n) is 9.25. The third kappa shape index (κ3) is 4.73. The molecule has 0 atom stereocenters. The molecule has 1 aliphatic carbocycles. The molecule has 0 spiro atoms. The number of para-hydroxylation sites is 1. The average molecular weight is 501 g/mol. The molecule has 2 fully saturated rings. The van der Waals surface area contributed by atoms with Crippen LogP contribution in [0.15, 0.2) is 70.6 Å². The van der Waals surface area contributed by atoms with E-state index in [1.54, 1.807) is 12.1 Å². The largest absolute Gasteiger partial charge is 0.318 e. The Bertz CT molecular complexity index is 1370. The Balaban J connectivity index is 1.52. The van der Waals surface area contributed by atoms with E-state index in [1.807, 2.05) is 71.9 Å². The van der Waals surface area contributed by atoms with E-state index in [9.17, 15) is 14.9 Å². The van der Waals surface area contributed by atoms with E-state index >= 15 is 0 Å². The summed E-state index contributed by atoms with van der Waals surface area (Å²) in [6.07, 6.45) is 7.39. The Labute approximate surface area is 214 Å². The first-order valence-corrected chi connectivity index (χ1v) is 13.0. The van der Waals surface area contributed by atoms with Gasteiger partial charge in [-0.15, -0.1) is 0 Å². The molecule has 1 saturated carbocycles. The van der Waals surface area contributed by atoms with Crippen LogP contribution in [0.5, 0.6) is 0 Å². The molecule has 1 amide bonds. The van der Waals surface area contributed by atoms with Crippen molar-refractivity contribution in [3.05, 3.63) is 92.6 Å². The number of nitrogens with zero attached hydrogens (tertiary/aromatic N) is 4. The van der Waals surface area contributed by atoms with Gasteiger partial charge in [-0.05, 0) is 74.4 Å². The molecule has 0 N–H and O–H groups in total. The third-order valence-corrected chi connectivity index (χ3v) is 7.80. The van der Waals surface area contributed by atoms with E-state index in [0.717, 1.165) is 59.2 Å². The van der Waals surface area contributed by atoms with Gasteiger partial charge in [0.25, 0.3) is 11.6 Å². The molecule has 3 aromatic rings. The van der Waals surface area contributed by atoms with Crippen LogP contribution in [0.25, 0.3) is 11.8 Å². The molecule has 1 aromatic heterocycles. The van der Waals surface area contributed by atoms with Gasteiger partial charge < -0.3 is 4.57 Å². The van der Waals surface area contributed by atoms with Crippen molar-refractivity contribution in [1.29, 1.82) is 0 Å². The van der Waals surface area contributed by atoms with Crippen molar-refractivity contribution in [1.82, 2.24) is 9.47 Å². The minimum absolute atomic E-state index is 0.00160. The first kappa shape index (κ1) is 24.1. The van der Waals surface area contributed by atoms with Crippen LogP contribution in [0.1, 0.15) is 49.1 Å². The highest BCUT2D eigenvalue weighted by Gasteiger charge is 2.38. The zero-order chi connectivity index (χ0) is 25.2. The summed E-state index contributed by atoms with van der Waals surface area (Å²) in [6, 6.07) is 18.6. The molecular formula is C28H28N4O3S. The summed E-state index contributed by atoms with van der Waals surface area (Å²) in [5, 5.41) is 12.0. The molecule has 1 saturated heterocycles. The summed E-state index contributed by atoms with van der Waals surface area (Å²) >= 11 is 1.43. The third-order valence-electron chi connectivity index (χ3n) is 6.81. The summed E-state index contributed by atoms with van der Waals surface area (Å²) in [7, 11) is 0. The summed E-state index contributed by atoms with van der Waals surface area (Å²) < 4.78 is 1.99. The van der Waals surface area contributed by atoms with E-state index in [1.165, 1.54) is 24.2 Å². The maximum Gasteiger partial charge on any atom is 0.271 e. The lowest BCUT2D eigenvalue weighted by molar-refractivity contribution is -0.384.